The molecule has 176 valence electrons. The van der Waals surface area contributed by atoms with Gasteiger partial charge in [-0.05, 0) is 44.0 Å². The lowest BCUT2D eigenvalue weighted by Gasteiger charge is -2.29. The highest BCUT2D eigenvalue weighted by Gasteiger charge is 2.33. The zero-order valence-electron chi connectivity index (χ0n) is 19.9. The van der Waals surface area contributed by atoms with Gasteiger partial charge in [0.1, 0.15) is 24.4 Å². The molecule has 3 aromatic heterocycles. The van der Waals surface area contributed by atoms with Crippen molar-refractivity contribution in [3.05, 3.63) is 59.2 Å². The number of aryl methyl sites for hydroxylation is 1. The zero-order chi connectivity index (χ0) is 24.7. The van der Waals surface area contributed by atoms with E-state index in [9.17, 15) is 15.1 Å². The molecular weight excluding hydrogens is 459 g/mol. The molecule has 1 N–H and O–H groups in total. The largest absolute Gasteiger partial charge is 0.363 e. The molecule has 0 radical (unpaired) electrons. The molecule has 1 fully saturated rings. The average Bonchev–Trinajstić information content (AvgIpc) is 3.34. The van der Waals surface area contributed by atoms with Crippen molar-refractivity contribution in [2.24, 2.45) is 0 Å². The van der Waals surface area contributed by atoms with Crippen LogP contribution in [-0.4, -0.2) is 49.7 Å². The summed E-state index contributed by atoms with van der Waals surface area (Å²) in [5, 5.41) is 23.6. The van der Waals surface area contributed by atoms with E-state index >= 15 is 0 Å². The van der Waals surface area contributed by atoms with E-state index in [-0.39, 0.29) is 6.04 Å². The van der Waals surface area contributed by atoms with Gasteiger partial charge in [-0.25, -0.2) is 15.0 Å². The van der Waals surface area contributed by atoms with Crippen molar-refractivity contribution in [3.63, 3.8) is 0 Å². The lowest BCUT2D eigenvalue weighted by molar-refractivity contribution is 0.419. The van der Waals surface area contributed by atoms with Crippen molar-refractivity contribution >= 4 is 34.9 Å². The molecule has 4 heterocycles. The number of rotatable bonds is 4. The van der Waals surface area contributed by atoms with Gasteiger partial charge in [-0.2, -0.15) is 10.5 Å². The monoisotopic (exact) mass is 484 g/mol. The van der Waals surface area contributed by atoms with E-state index in [4.69, 9.17) is 4.98 Å². The lowest BCUT2D eigenvalue weighted by Crippen LogP contribution is -2.34. The Bertz CT molecular complexity index is 1580. The quantitative estimate of drug-likeness (QED) is 0.343. The van der Waals surface area contributed by atoms with Crippen molar-refractivity contribution < 1.29 is 4.57 Å². The van der Waals surface area contributed by atoms with Crippen LogP contribution >= 0.6 is 7.14 Å². The molecule has 9 nitrogen and oxygen atoms in total. The molecule has 4 aromatic rings. The maximum absolute atomic E-state index is 14.1. The Balaban J connectivity index is 1.65. The van der Waals surface area contributed by atoms with Gasteiger partial charge in [0.2, 0.25) is 0 Å². The molecule has 1 aromatic carbocycles. The van der Waals surface area contributed by atoms with Crippen molar-refractivity contribution in [1.82, 2.24) is 24.3 Å². The van der Waals surface area contributed by atoms with Gasteiger partial charge in [0, 0.05) is 37.8 Å². The molecule has 10 heteroatoms. The van der Waals surface area contributed by atoms with Gasteiger partial charge in [0.05, 0.1) is 28.4 Å². The Kier molecular flexibility index (Phi) is 5.67. The highest BCUT2D eigenvalue weighted by molar-refractivity contribution is 7.72. The number of hydrogen-bond acceptors (Lipinski definition) is 8. The van der Waals surface area contributed by atoms with Crippen LogP contribution in [-0.2, 0) is 4.57 Å². The molecule has 0 aliphatic carbocycles. The molecule has 0 spiro atoms. The van der Waals surface area contributed by atoms with Crippen LogP contribution in [0.2, 0.25) is 0 Å². The molecule has 0 bridgehead atoms. The van der Waals surface area contributed by atoms with E-state index in [0.717, 1.165) is 16.5 Å². The van der Waals surface area contributed by atoms with Crippen molar-refractivity contribution in [1.29, 1.82) is 10.5 Å². The fourth-order valence-electron chi connectivity index (χ4n) is 4.81. The molecule has 0 amide bonds. The first-order valence-electron chi connectivity index (χ1n) is 11.5. The summed E-state index contributed by atoms with van der Waals surface area (Å²) in [6.07, 6.45) is 6.55. The Labute approximate surface area is 203 Å². The fourth-order valence-corrected chi connectivity index (χ4v) is 7.54. The standard InChI is InChI=1S/C25H25N8OP/c1-16-19(14-26)5-4-6-20(16)17(2)29-23-21-13-22(35(34)11-9-32(15-27)10-12-35)25-28-7-8-33(25)24(21)31-18(3)30-23/h4-8,13,17H,9-12H2,1-3H3,(H,29,30,31)/t17-/m1/s1. The molecule has 1 aliphatic rings. The molecular formula is C25H25N8OP. The number of benzene rings is 1. The number of nitrogens with zero attached hydrogens (tertiary/aromatic N) is 7. The van der Waals surface area contributed by atoms with Crippen molar-refractivity contribution in [3.8, 4) is 12.3 Å². The molecule has 5 rings (SSSR count). The topological polar surface area (TPSA) is 123 Å². The number of nitriles is 2. The lowest BCUT2D eigenvalue weighted by atomic mass is 9.98. The maximum atomic E-state index is 14.1. The minimum atomic E-state index is -2.77. The summed E-state index contributed by atoms with van der Waals surface area (Å²) >= 11 is 0. The molecule has 1 aliphatic heterocycles. The van der Waals surface area contributed by atoms with Crippen LogP contribution in [0.1, 0.15) is 35.5 Å². The molecule has 1 saturated heterocycles. The van der Waals surface area contributed by atoms with Crippen molar-refractivity contribution in [2.75, 3.05) is 30.7 Å². The molecule has 35 heavy (non-hydrogen) atoms. The van der Waals surface area contributed by atoms with Gasteiger partial charge in [-0.15, -0.1) is 0 Å². The number of imidazole rings is 1. The minimum Gasteiger partial charge on any atom is -0.363 e. The molecule has 0 saturated carbocycles. The van der Waals surface area contributed by atoms with Crippen LogP contribution in [0.25, 0.3) is 16.7 Å². The van der Waals surface area contributed by atoms with Gasteiger partial charge in [-0.1, -0.05) is 12.1 Å². The van der Waals surface area contributed by atoms with Gasteiger partial charge in [0.15, 0.2) is 11.8 Å². The Morgan fingerprint density at radius 3 is 2.63 bits per heavy atom. The Morgan fingerprint density at radius 2 is 1.91 bits per heavy atom. The average molecular weight is 485 g/mol. The van der Waals surface area contributed by atoms with E-state index in [2.05, 4.69) is 27.5 Å². The third kappa shape index (κ3) is 3.88. The van der Waals surface area contributed by atoms with E-state index in [1.54, 1.807) is 11.1 Å². The normalized spacial score (nSPS) is 16.1. The number of aromatic nitrogens is 4. The first-order valence-corrected chi connectivity index (χ1v) is 13.6. The summed E-state index contributed by atoms with van der Waals surface area (Å²) in [6.45, 7) is 6.76. The summed E-state index contributed by atoms with van der Waals surface area (Å²) < 4.78 is 16.0. The third-order valence-corrected chi connectivity index (χ3v) is 9.83. The summed E-state index contributed by atoms with van der Waals surface area (Å²) in [5.74, 6) is 1.24. The van der Waals surface area contributed by atoms with Crippen LogP contribution in [0.4, 0.5) is 5.82 Å². The van der Waals surface area contributed by atoms with Gasteiger partial charge >= 0.3 is 0 Å². The summed E-state index contributed by atoms with van der Waals surface area (Å²) in [5.41, 5.74) is 3.91. The number of fused-ring (bicyclic) bond motifs is 3. The Morgan fingerprint density at radius 1 is 1.14 bits per heavy atom. The second-order valence-electron chi connectivity index (χ2n) is 8.93. The van der Waals surface area contributed by atoms with E-state index in [1.165, 1.54) is 0 Å². The SMILES string of the molecule is Cc1nc(N[C@H](C)c2cccc(C#N)c2C)c2cc(P3(=O)CCN(C#N)CC3)c3nccn3c2n1. The second-order valence-corrected chi connectivity index (χ2v) is 12.1. The van der Waals surface area contributed by atoms with Gasteiger partial charge in [-0.3, -0.25) is 4.40 Å². The summed E-state index contributed by atoms with van der Waals surface area (Å²) in [4.78, 5) is 15.6. The van der Waals surface area contributed by atoms with E-state index in [0.29, 0.717) is 59.2 Å². The smallest absolute Gasteiger partial charge is 0.179 e. The first-order chi connectivity index (χ1) is 16.8. The highest BCUT2D eigenvalue weighted by Crippen LogP contribution is 2.48. The number of anilines is 1. The number of pyridine rings is 1. The predicted octanol–water partition coefficient (Wildman–Crippen LogP) is 3.72. The van der Waals surface area contributed by atoms with Gasteiger partial charge in [0.25, 0.3) is 0 Å². The van der Waals surface area contributed by atoms with Crippen LogP contribution in [0, 0.1) is 36.6 Å². The van der Waals surface area contributed by atoms with Crippen LogP contribution < -0.4 is 10.6 Å². The van der Waals surface area contributed by atoms with Crippen molar-refractivity contribution in [2.45, 2.75) is 26.8 Å². The molecule has 0 unspecified atom stereocenters. The fraction of sp³-hybridized carbons (Fsp3) is 0.320. The van der Waals surface area contributed by atoms with Crippen LogP contribution in [0.15, 0.2) is 36.7 Å². The second kappa shape index (κ2) is 8.69. The Hall–Kier alpha value is -3.94. The first kappa shape index (κ1) is 22.8. The van der Waals surface area contributed by atoms with E-state index in [1.807, 2.05) is 55.6 Å². The number of nitrogens with one attached hydrogen (secondary N) is 1. The zero-order valence-corrected chi connectivity index (χ0v) is 20.8. The predicted molar refractivity (Wildman–Crippen MR) is 135 cm³/mol. The molecule has 1 atom stereocenters. The summed E-state index contributed by atoms with van der Waals surface area (Å²) in [7, 11) is -2.77. The highest BCUT2D eigenvalue weighted by atomic mass is 31.2. The summed E-state index contributed by atoms with van der Waals surface area (Å²) in [6, 6.07) is 9.74. The minimum absolute atomic E-state index is 0.127. The van der Waals surface area contributed by atoms with Crippen LogP contribution in [0.3, 0.4) is 0 Å². The van der Waals surface area contributed by atoms with Gasteiger partial charge < -0.3 is 14.8 Å². The van der Waals surface area contributed by atoms with Crippen LogP contribution in [0.5, 0.6) is 0 Å². The maximum Gasteiger partial charge on any atom is 0.179 e. The number of hydrogen-bond donors (Lipinski definition) is 1. The third-order valence-electron chi connectivity index (χ3n) is 6.77. The van der Waals surface area contributed by atoms with E-state index < -0.39 is 7.14 Å².